The van der Waals surface area contributed by atoms with Gasteiger partial charge in [0.25, 0.3) is 0 Å². The van der Waals surface area contributed by atoms with E-state index in [2.05, 4.69) is 35.1 Å². The normalized spacial score (nSPS) is 18.9. The molecule has 0 aliphatic heterocycles. The summed E-state index contributed by atoms with van der Waals surface area (Å²) in [6.45, 7) is 5.56. The summed E-state index contributed by atoms with van der Waals surface area (Å²) < 4.78 is 14.6. The third-order valence-electron chi connectivity index (χ3n) is 5.12. The van der Waals surface area contributed by atoms with E-state index in [1.54, 1.807) is 6.07 Å². The fourth-order valence-corrected chi connectivity index (χ4v) is 4.18. The molecule has 0 amide bonds. The lowest BCUT2D eigenvalue weighted by atomic mass is 9.74. The Kier molecular flexibility index (Phi) is 6.24. The number of benzene rings is 1. The Morgan fingerprint density at radius 2 is 2.00 bits per heavy atom. The fraction of sp³-hybridized carbons (Fsp3) is 0.667. The summed E-state index contributed by atoms with van der Waals surface area (Å²) in [5.74, 6) is -0.139. The summed E-state index contributed by atoms with van der Waals surface area (Å²) in [4.78, 5) is 0. The average molecular weight is 356 g/mol. The molecule has 1 N–H and O–H groups in total. The largest absolute Gasteiger partial charge is 0.313 e. The van der Waals surface area contributed by atoms with Crippen LogP contribution in [-0.2, 0) is 6.42 Å². The van der Waals surface area contributed by atoms with Crippen molar-refractivity contribution in [2.75, 3.05) is 6.54 Å². The molecule has 0 aromatic heterocycles. The van der Waals surface area contributed by atoms with Gasteiger partial charge in [0.05, 0.1) is 0 Å². The summed E-state index contributed by atoms with van der Waals surface area (Å²) in [7, 11) is 0. The van der Waals surface area contributed by atoms with Crippen molar-refractivity contribution in [3.05, 3.63) is 34.1 Å². The Hall–Kier alpha value is -0.410. The highest BCUT2D eigenvalue weighted by atomic mass is 79.9. The van der Waals surface area contributed by atoms with Gasteiger partial charge in [-0.15, -0.1) is 0 Å². The van der Waals surface area contributed by atoms with Gasteiger partial charge in [-0.1, -0.05) is 42.6 Å². The molecule has 1 unspecified atom stereocenters. The van der Waals surface area contributed by atoms with Crippen molar-refractivity contribution >= 4 is 15.9 Å². The third kappa shape index (κ3) is 4.07. The first-order chi connectivity index (χ1) is 10.1. The van der Waals surface area contributed by atoms with Gasteiger partial charge in [0, 0.05) is 10.5 Å². The molecular weight excluding hydrogens is 329 g/mol. The van der Waals surface area contributed by atoms with Crippen molar-refractivity contribution in [2.24, 2.45) is 5.41 Å². The molecule has 0 saturated heterocycles. The van der Waals surface area contributed by atoms with Crippen LogP contribution in [0.4, 0.5) is 4.39 Å². The van der Waals surface area contributed by atoms with Crippen LogP contribution in [0.3, 0.4) is 0 Å². The van der Waals surface area contributed by atoms with Crippen molar-refractivity contribution in [2.45, 2.75) is 64.8 Å². The van der Waals surface area contributed by atoms with E-state index in [1.807, 2.05) is 6.07 Å². The molecule has 1 nitrogen and oxygen atoms in total. The molecule has 1 aliphatic rings. The second-order valence-electron chi connectivity index (χ2n) is 6.37. The van der Waals surface area contributed by atoms with Crippen LogP contribution in [-0.4, -0.2) is 12.6 Å². The quantitative estimate of drug-likeness (QED) is 0.683. The molecule has 0 bridgehead atoms. The number of rotatable bonds is 7. The molecule has 1 aromatic carbocycles. The molecule has 1 aliphatic carbocycles. The van der Waals surface area contributed by atoms with Crippen molar-refractivity contribution in [1.82, 2.24) is 5.32 Å². The highest BCUT2D eigenvalue weighted by molar-refractivity contribution is 9.10. The minimum absolute atomic E-state index is 0.139. The molecule has 1 fully saturated rings. The minimum Gasteiger partial charge on any atom is -0.313 e. The van der Waals surface area contributed by atoms with E-state index in [0.29, 0.717) is 11.5 Å². The number of hydrogen-bond acceptors (Lipinski definition) is 1. The van der Waals surface area contributed by atoms with Crippen LogP contribution >= 0.6 is 15.9 Å². The van der Waals surface area contributed by atoms with Gasteiger partial charge in [-0.3, -0.25) is 0 Å². The standard InChI is InChI=1S/C18H27BrFN/c1-3-11-21-17(18(4-2)9-5-6-10-18)13-14-12-15(20)7-8-16(14)19/h7-8,12,17,21H,3-6,9-11,13H2,1-2H3. The zero-order chi connectivity index (χ0) is 15.3. The maximum absolute atomic E-state index is 13.6. The lowest BCUT2D eigenvalue weighted by Gasteiger charge is -2.38. The molecule has 0 radical (unpaired) electrons. The van der Waals surface area contributed by atoms with Gasteiger partial charge in [0.1, 0.15) is 5.82 Å². The summed E-state index contributed by atoms with van der Waals surface area (Å²) in [6.07, 6.45) is 8.54. The van der Waals surface area contributed by atoms with Gasteiger partial charge in [0.2, 0.25) is 0 Å². The van der Waals surface area contributed by atoms with Crippen molar-refractivity contribution in [1.29, 1.82) is 0 Å². The van der Waals surface area contributed by atoms with E-state index in [0.717, 1.165) is 29.4 Å². The van der Waals surface area contributed by atoms with Gasteiger partial charge in [-0.2, -0.15) is 0 Å². The topological polar surface area (TPSA) is 12.0 Å². The Balaban J connectivity index is 2.21. The van der Waals surface area contributed by atoms with Crippen LogP contribution in [0.15, 0.2) is 22.7 Å². The van der Waals surface area contributed by atoms with Crippen LogP contribution < -0.4 is 5.32 Å². The second kappa shape index (κ2) is 7.73. The van der Waals surface area contributed by atoms with Crippen molar-refractivity contribution in [3.63, 3.8) is 0 Å². The second-order valence-corrected chi connectivity index (χ2v) is 7.22. The highest BCUT2D eigenvalue weighted by Gasteiger charge is 2.39. The highest BCUT2D eigenvalue weighted by Crippen LogP contribution is 2.45. The Bertz CT molecular complexity index is 455. The zero-order valence-electron chi connectivity index (χ0n) is 13.2. The first-order valence-corrected chi connectivity index (χ1v) is 9.08. The third-order valence-corrected chi connectivity index (χ3v) is 5.89. The molecule has 3 heteroatoms. The average Bonchev–Trinajstić information content (AvgIpc) is 2.97. The van der Waals surface area contributed by atoms with Crippen LogP contribution in [0.1, 0.15) is 57.9 Å². The molecule has 1 aromatic rings. The van der Waals surface area contributed by atoms with E-state index in [-0.39, 0.29) is 5.82 Å². The summed E-state index contributed by atoms with van der Waals surface area (Å²) in [5.41, 5.74) is 1.48. The Morgan fingerprint density at radius 1 is 1.29 bits per heavy atom. The van der Waals surface area contributed by atoms with E-state index in [9.17, 15) is 4.39 Å². The Labute approximate surface area is 136 Å². The minimum atomic E-state index is -0.139. The molecule has 0 heterocycles. The lowest BCUT2D eigenvalue weighted by Crippen LogP contribution is -2.45. The maximum atomic E-state index is 13.6. The summed E-state index contributed by atoms with van der Waals surface area (Å²) >= 11 is 3.58. The van der Waals surface area contributed by atoms with E-state index in [4.69, 9.17) is 0 Å². The number of hydrogen-bond donors (Lipinski definition) is 1. The molecule has 0 spiro atoms. The van der Waals surface area contributed by atoms with Gasteiger partial charge in [-0.05, 0) is 67.8 Å². The van der Waals surface area contributed by atoms with Gasteiger partial charge >= 0.3 is 0 Å². The van der Waals surface area contributed by atoms with E-state index >= 15 is 0 Å². The van der Waals surface area contributed by atoms with Gasteiger partial charge in [0.15, 0.2) is 0 Å². The first-order valence-electron chi connectivity index (χ1n) is 8.28. The molecular formula is C18H27BrFN. The molecule has 2 rings (SSSR count). The smallest absolute Gasteiger partial charge is 0.123 e. The zero-order valence-corrected chi connectivity index (χ0v) is 14.8. The molecule has 1 saturated carbocycles. The number of halogens is 2. The fourth-order valence-electron chi connectivity index (χ4n) is 3.77. The van der Waals surface area contributed by atoms with Gasteiger partial charge < -0.3 is 5.32 Å². The molecule has 1 atom stereocenters. The monoisotopic (exact) mass is 355 g/mol. The first kappa shape index (κ1) is 17.0. The number of nitrogens with one attached hydrogen (secondary N) is 1. The van der Waals surface area contributed by atoms with Crippen molar-refractivity contribution < 1.29 is 4.39 Å². The van der Waals surface area contributed by atoms with Crippen LogP contribution in [0.25, 0.3) is 0 Å². The van der Waals surface area contributed by atoms with Crippen LogP contribution in [0.2, 0.25) is 0 Å². The van der Waals surface area contributed by atoms with Crippen LogP contribution in [0, 0.1) is 11.2 Å². The molecule has 21 heavy (non-hydrogen) atoms. The lowest BCUT2D eigenvalue weighted by molar-refractivity contribution is 0.184. The van der Waals surface area contributed by atoms with E-state index < -0.39 is 0 Å². The SMILES string of the molecule is CCCNC(Cc1cc(F)ccc1Br)C1(CC)CCCC1. The summed E-state index contributed by atoms with van der Waals surface area (Å²) in [6, 6.07) is 5.48. The van der Waals surface area contributed by atoms with E-state index in [1.165, 1.54) is 38.2 Å². The Morgan fingerprint density at radius 3 is 2.62 bits per heavy atom. The van der Waals surface area contributed by atoms with Crippen molar-refractivity contribution in [3.8, 4) is 0 Å². The van der Waals surface area contributed by atoms with Gasteiger partial charge in [-0.25, -0.2) is 4.39 Å². The predicted octanol–water partition coefficient (Wildman–Crippen LogP) is 5.47. The summed E-state index contributed by atoms with van der Waals surface area (Å²) in [5, 5.41) is 3.75. The maximum Gasteiger partial charge on any atom is 0.123 e. The van der Waals surface area contributed by atoms with Crippen LogP contribution in [0.5, 0.6) is 0 Å². The molecule has 118 valence electrons. The predicted molar refractivity (Wildman–Crippen MR) is 91.1 cm³/mol.